The Balaban J connectivity index is 1.86. The van der Waals surface area contributed by atoms with Gasteiger partial charge in [0.1, 0.15) is 28.2 Å². The summed E-state index contributed by atoms with van der Waals surface area (Å²) in [5.74, 6) is -0.457. The van der Waals surface area contributed by atoms with Crippen molar-refractivity contribution in [1.82, 2.24) is 9.80 Å². The van der Waals surface area contributed by atoms with Gasteiger partial charge in [-0.3, -0.25) is 14.5 Å². The van der Waals surface area contributed by atoms with E-state index in [9.17, 15) is 13.2 Å². The number of carbonyl (C=O) groups is 2. The number of hydrogen-bond donors (Lipinski definition) is 0. The predicted octanol–water partition coefficient (Wildman–Crippen LogP) is 3.13. The molecule has 0 spiro atoms. The van der Waals surface area contributed by atoms with Gasteiger partial charge in [0.15, 0.2) is 5.54 Å². The molecule has 228 valence electrons. The molecule has 1 saturated heterocycles. The molecule has 2 aliphatic rings. The normalized spacial score (nSPS) is 20.5. The number of likely N-dealkylation sites (N-methyl/N-ethyl adjacent to an activating group) is 1. The minimum absolute atomic E-state index is 0.00973. The lowest BCUT2D eigenvalue weighted by molar-refractivity contribution is -0.150. The number of anilines is 1. The number of sulfonamides is 1. The van der Waals surface area contributed by atoms with Gasteiger partial charge in [-0.2, -0.15) is 0 Å². The minimum Gasteiger partial charge on any atom is -0.497 e. The van der Waals surface area contributed by atoms with E-state index in [0.717, 1.165) is 4.31 Å². The zero-order chi connectivity index (χ0) is 31.1. The first-order chi connectivity index (χ1) is 20.5. The first-order valence-corrected chi connectivity index (χ1v) is 15.2. The van der Waals surface area contributed by atoms with Gasteiger partial charge >= 0.3 is 0 Å². The van der Waals surface area contributed by atoms with Crippen molar-refractivity contribution >= 4 is 39.1 Å². The highest BCUT2D eigenvalue weighted by Crippen LogP contribution is 2.54. The smallest absolute Gasteiger partial charge is 0.274 e. The molecule has 0 bridgehead atoms. The predicted molar refractivity (Wildman–Crippen MR) is 159 cm³/mol. The third kappa shape index (κ3) is 4.78. The van der Waals surface area contributed by atoms with Crippen LogP contribution >= 0.6 is 11.6 Å². The molecule has 11 nitrogen and oxygen atoms in total. The molecule has 2 amide bonds. The maximum atomic E-state index is 15.2. The zero-order valence-corrected chi connectivity index (χ0v) is 25.9. The largest absolute Gasteiger partial charge is 0.497 e. The minimum atomic E-state index is -4.61. The van der Waals surface area contributed by atoms with Crippen LogP contribution in [-0.2, 0) is 29.9 Å². The number of hydrogen-bond acceptors (Lipinski definition) is 9. The van der Waals surface area contributed by atoms with Crippen molar-refractivity contribution in [1.29, 1.82) is 0 Å². The van der Waals surface area contributed by atoms with Crippen LogP contribution < -0.4 is 18.5 Å². The van der Waals surface area contributed by atoms with Gasteiger partial charge in [0.2, 0.25) is 5.91 Å². The number of morpholine rings is 1. The molecule has 5 rings (SSSR count). The van der Waals surface area contributed by atoms with E-state index in [-0.39, 0.29) is 52.6 Å². The topological polar surface area (TPSA) is 115 Å². The Kier molecular flexibility index (Phi) is 8.32. The van der Waals surface area contributed by atoms with Crippen LogP contribution in [0.15, 0.2) is 65.6 Å². The van der Waals surface area contributed by atoms with Gasteiger partial charge in [0, 0.05) is 42.9 Å². The molecule has 3 aromatic carbocycles. The SMILES string of the molecule is COc1ccc(S(=O)(=O)N2C(=O)C(c3ccccc3OC)(N3CCOC[C@H]3C(=O)N(C)C)c3cc(Cl)ccc32)c(OC)c1. The van der Waals surface area contributed by atoms with E-state index < -0.39 is 27.5 Å². The second-order valence-electron chi connectivity index (χ2n) is 10.2. The molecule has 43 heavy (non-hydrogen) atoms. The average Bonchev–Trinajstić information content (AvgIpc) is 3.28. The number of fused-ring (bicyclic) bond motifs is 1. The number of halogens is 1. The van der Waals surface area contributed by atoms with Crippen molar-refractivity contribution in [3.05, 3.63) is 76.8 Å². The van der Waals surface area contributed by atoms with E-state index in [1.807, 2.05) is 0 Å². The number of carbonyl (C=O) groups excluding carboxylic acids is 2. The molecule has 2 atom stereocenters. The second-order valence-corrected chi connectivity index (χ2v) is 12.4. The summed E-state index contributed by atoms with van der Waals surface area (Å²) < 4.78 is 52.0. The van der Waals surface area contributed by atoms with Crippen LogP contribution in [-0.4, -0.2) is 91.3 Å². The fraction of sp³-hybridized carbons (Fsp3) is 0.333. The van der Waals surface area contributed by atoms with Crippen LogP contribution in [0.3, 0.4) is 0 Å². The first-order valence-electron chi connectivity index (χ1n) is 13.3. The fourth-order valence-electron chi connectivity index (χ4n) is 5.82. The molecule has 0 saturated carbocycles. The fourth-order valence-corrected chi connectivity index (χ4v) is 7.59. The third-order valence-electron chi connectivity index (χ3n) is 7.73. The maximum Gasteiger partial charge on any atom is 0.274 e. The molecule has 2 aliphatic heterocycles. The molecule has 1 fully saturated rings. The molecular formula is C30H32ClN3O8S. The van der Waals surface area contributed by atoms with Crippen LogP contribution in [0.1, 0.15) is 11.1 Å². The lowest BCUT2D eigenvalue weighted by Crippen LogP contribution is -2.64. The number of rotatable bonds is 8. The van der Waals surface area contributed by atoms with Crippen LogP contribution in [0.2, 0.25) is 5.02 Å². The van der Waals surface area contributed by atoms with E-state index >= 15 is 4.79 Å². The van der Waals surface area contributed by atoms with E-state index in [1.54, 1.807) is 49.3 Å². The highest BCUT2D eigenvalue weighted by atomic mass is 35.5. The number of nitrogens with zero attached hydrogens (tertiary/aromatic N) is 3. The maximum absolute atomic E-state index is 15.2. The number of ether oxygens (including phenoxy) is 4. The van der Waals surface area contributed by atoms with E-state index in [2.05, 4.69) is 0 Å². The van der Waals surface area contributed by atoms with Gasteiger partial charge in [0.05, 0.1) is 40.2 Å². The van der Waals surface area contributed by atoms with Crippen LogP contribution in [0.5, 0.6) is 17.2 Å². The highest BCUT2D eigenvalue weighted by molar-refractivity contribution is 7.93. The lowest BCUT2D eigenvalue weighted by atomic mass is 9.80. The van der Waals surface area contributed by atoms with Gasteiger partial charge < -0.3 is 23.8 Å². The van der Waals surface area contributed by atoms with Crippen molar-refractivity contribution in [2.75, 3.05) is 59.5 Å². The van der Waals surface area contributed by atoms with E-state index in [0.29, 0.717) is 17.1 Å². The molecule has 0 aliphatic carbocycles. The zero-order valence-electron chi connectivity index (χ0n) is 24.4. The summed E-state index contributed by atoms with van der Waals surface area (Å²) in [4.78, 5) is 31.7. The van der Waals surface area contributed by atoms with Crippen molar-refractivity contribution in [3.8, 4) is 17.2 Å². The Morgan fingerprint density at radius 3 is 2.37 bits per heavy atom. The third-order valence-corrected chi connectivity index (χ3v) is 9.70. The molecule has 2 heterocycles. The Labute approximate surface area is 255 Å². The monoisotopic (exact) mass is 629 g/mol. The summed E-state index contributed by atoms with van der Waals surface area (Å²) >= 11 is 6.55. The van der Waals surface area contributed by atoms with Gasteiger partial charge in [-0.25, -0.2) is 12.7 Å². The van der Waals surface area contributed by atoms with Crippen LogP contribution in [0, 0.1) is 0 Å². The van der Waals surface area contributed by atoms with Gasteiger partial charge in [-0.1, -0.05) is 29.8 Å². The Morgan fingerprint density at radius 1 is 0.977 bits per heavy atom. The summed E-state index contributed by atoms with van der Waals surface area (Å²) in [6.07, 6.45) is 0. The Hall–Kier alpha value is -3.84. The van der Waals surface area contributed by atoms with Crippen LogP contribution in [0.4, 0.5) is 5.69 Å². The van der Waals surface area contributed by atoms with Gasteiger partial charge in [-0.15, -0.1) is 0 Å². The van der Waals surface area contributed by atoms with Crippen molar-refractivity contribution in [3.63, 3.8) is 0 Å². The lowest BCUT2D eigenvalue weighted by Gasteiger charge is -2.47. The first kappa shape index (κ1) is 30.6. The summed E-state index contributed by atoms with van der Waals surface area (Å²) in [6, 6.07) is 14.7. The van der Waals surface area contributed by atoms with Gasteiger partial charge in [0.25, 0.3) is 15.9 Å². The summed E-state index contributed by atoms with van der Waals surface area (Å²) in [6.45, 7) is 0.298. The second kappa shape index (κ2) is 11.7. The molecule has 3 aromatic rings. The van der Waals surface area contributed by atoms with Crippen molar-refractivity contribution < 1.29 is 37.0 Å². The van der Waals surface area contributed by atoms with E-state index in [1.165, 1.54) is 56.6 Å². The average molecular weight is 630 g/mol. The quantitative estimate of drug-likeness (QED) is 0.371. The number of para-hydroxylation sites is 1. The van der Waals surface area contributed by atoms with Gasteiger partial charge in [-0.05, 0) is 36.4 Å². The molecule has 13 heteroatoms. The standard InChI is InChI=1S/C30H32ClN3O8S/c1-32(2)28(35)24-18-42-15-14-33(24)30(21-8-6-7-9-25(21)40-4)22-16-19(31)10-12-23(22)34(29(30)36)43(37,38)27-13-11-20(39-3)17-26(27)41-5/h6-13,16-17,24H,14-15,18H2,1-5H3/t24-,30?/m0/s1. The molecule has 0 N–H and O–H groups in total. The summed E-state index contributed by atoms with van der Waals surface area (Å²) in [5, 5.41) is 0.274. The van der Waals surface area contributed by atoms with Crippen molar-refractivity contribution in [2.24, 2.45) is 0 Å². The van der Waals surface area contributed by atoms with Crippen LogP contribution in [0.25, 0.3) is 0 Å². The molecule has 0 radical (unpaired) electrons. The van der Waals surface area contributed by atoms with E-state index in [4.69, 9.17) is 30.5 Å². The number of amides is 2. The number of benzene rings is 3. The summed E-state index contributed by atoms with van der Waals surface area (Å²) in [5.41, 5.74) is -1.13. The molecule has 0 aromatic heterocycles. The van der Waals surface area contributed by atoms with Crippen molar-refractivity contribution in [2.45, 2.75) is 16.5 Å². The summed E-state index contributed by atoms with van der Waals surface area (Å²) in [7, 11) is 2.85. The molecular weight excluding hydrogens is 598 g/mol. The number of methoxy groups -OCH3 is 3. The molecule has 1 unspecified atom stereocenters. The Bertz CT molecular complexity index is 1680. The highest BCUT2D eigenvalue weighted by Gasteiger charge is 2.63. The Morgan fingerprint density at radius 2 is 1.70 bits per heavy atom.